The van der Waals surface area contributed by atoms with Crippen molar-refractivity contribution in [3.05, 3.63) is 29.2 Å². The quantitative estimate of drug-likeness (QED) is 0.173. The van der Waals surface area contributed by atoms with Crippen molar-refractivity contribution in [2.45, 2.75) is 64.3 Å². The second-order valence-corrected chi connectivity index (χ2v) is 9.96. The van der Waals surface area contributed by atoms with Crippen molar-refractivity contribution in [3.8, 4) is 0 Å². The number of anilines is 1. The van der Waals surface area contributed by atoms with E-state index in [4.69, 9.17) is 26.5 Å². The predicted molar refractivity (Wildman–Crippen MR) is 151 cm³/mol. The topological polar surface area (TPSA) is 141 Å². The Balaban J connectivity index is 0.00000142. The molecule has 1 aromatic rings. The van der Waals surface area contributed by atoms with Gasteiger partial charge in [0.2, 0.25) is 6.41 Å². The number of likely N-dealkylation sites (N-methyl/N-ethyl adjacent to an activating group) is 2. The van der Waals surface area contributed by atoms with E-state index in [1.807, 2.05) is 20.0 Å². The first-order valence-electron chi connectivity index (χ1n) is 13.4. The maximum atomic E-state index is 14.0. The van der Waals surface area contributed by atoms with E-state index in [1.165, 1.54) is 24.8 Å². The normalized spacial score (nSPS) is 17.5. The molecule has 0 bridgehead atoms. The SMILES string of the molecule is CC=O.CCc1nc(/C(N)=C(\CN(C)CC(CC2CC2)NC=O)N(C)N)ccc1N1CCCC(F)(F)C1.CO. The van der Waals surface area contributed by atoms with E-state index in [0.717, 1.165) is 37.6 Å². The summed E-state index contributed by atoms with van der Waals surface area (Å²) in [5.41, 5.74) is 9.73. The Labute approximate surface area is 231 Å². The summed E-state index contributed by atoms with van der Waals surface area (Å²) < 4.78 is 27.9. The first-order valence-corrected chi connectivity index (χ1v) is 13.4. The third kappa shape index (κ3) is 11.4. The highest BCUT2D eigenvalue weighted by atomic mass is 19.3. The van der Waals surface area contributed by atoms with Gasteiger partial charge in [0.1, 0.15) is 6.29 Å². The number of hydrogen-bond donors (Lipinski definition) is 4. The first-order chi connectivity index (χ1) is 18.5. The maximum Gasteiger partial charge on any atom is 0.265 e. The van der Waals surface area contributed by atoms with Gasteiger partial charge in [0.05, 0.1) is 35.0 Å². The number of aromatic nitrogens is 1. The predicted octanol–water partition coefficient (Wildman–Crippen LogP) is 1.97. The molecule has 3 rings (SSSR count). The molecule has 39 heavy (non-hydrogen) atoms. The lowest BCUT2D eigenvalue weighted by Crippen LogP contribution is -2.43. The number of piperidine rings is 1. The number of aryl methyl sites for hydroxylation is 1. The van der Waals surface area contributed by atoms with E-state index in [9.17, 15) is 13.6 Å². The van der Waals surface area contributed by atoms with Gasteiger partial charge >= 0.3 is 0 Å². The number of carbonyl (C=O) groups is 2. The number of halogens is 2. The minimum Gasteiger partial charge on any atom is -0.400 e. The number of aldehydes is 1. The Bertz CT molecular complexity index is 927. The molecule has 6 N–H and O–H groups in total. The van der Waals surface area contributed by atoms with Crippen molar-refractivity contribution in [2.75, 3.05) is 52.3 Å². The van der Waals surface area contributed by atoms with Crippen LogP contribution in [0.15, 0.2) is 17.8 Å². The van der Waals surface area contributed by atoms with E-state index in [1.54, 1.807) is 18.0 Å². The first kappa shape index (κ1) is 34.2. The highest BCUT2D eigenvalue weighted by Gasteiger charge is 2.36. The summed E-state index contributed by atoms with van der Waals surface area (Å²) in [5.74, 6) is 4.14. The maximum absolute atomic E-state index is 14.0. The number of pyridine rings is 1. The van der Waals surface area contributed by atoms with E-state index in [0.29, 0.717) is 55.5 Å². The van der Waals surface area contributed by atoms with E-state index >= 15 is 0 Å². The molecule has 2 aliphatic rings. The Morgan fingerprint density at radius 3 is 2.46 bits per heavy atom. The zero-order valence-corrected chi connectivity index (χ0v) is 24.0. The van der Waals surface area contributed by atoms with Crippen LogP contribution in [0.5, 0.6) is 0 Å². The van der Waals surface area contributed by atoms with Crippen LogP contribution in [0, 0.1) is 5.92 Å². The smallest absolute Gasteiger partial charge is 0.265 e. The Morgan fingerprint density at radius 1 is 1.31 bits per heavy atom. The van der Waals surface area contributed by atoms with Crippen molar-refractivity contribution in [1.29, 1.82) is 0 Å². The van der Waals surface area contributed by atoms with Crippen molar-refractivity contribution < 1.29 is 23.5 Å². The number of carbonyl (C=O) groups excluding carboxylic acids is 2. The molecule has 0 spiro atoms. The van der Waals surface area contributed by atoms with Gasteiger partial charge in [-0.25, -0.2) is 19.6 Å². The third-order valence-electron chi connectivity index (χ3n) is 6.60. The van der Waals surface area contributed by atoms with Crippen molar-refractivity contribution in [2.24, 2.45) is 17.5 Å². The highest BCUT2D eigenvalue weighted by Crippen LogP contribution is 2.34. The largest absolute Gasteiger partial charge is 0.400 e. The van der Waals surface area contributed by atoms with Crippen molar-refractivity contribution >= 4 is 24.1 Å². The second kappa shape index (κ2) is 17.0. The number of nitrogens with one attached hydrogen (secondary N) is 1. The van der Waals surface area contributed by atoms with Crippen LogP contribution in [0.4, 0.5) is 14.5 Å². The Kier molecular flexibility index (Phi) is 14.9. The van der Waals surface area contributed by atoms with Crippen LogP contribution in [0.1, 0.15) is 57.3 Å². The molecule has 0 radical (unpaired) electrons. The molecular weight excluding hydrogens is 508 g/mol. The summed E-state index contributed by atoms with van der Waals surface area (Å²) >= 11 is 0. The zero-order chi connectivity index (χ0) is 29.6. The molecule has 1 atom stereocenters. The summed E-state index contributed by atoms with van der Waals surface area (Å²) in [7, 11) is 4.69. The van der Waals surface area contributed by atoms with Crippen LogP contribution < -0.4 is 21.8 Å². The number of aliphatic hydroxyl groups is 1. The van der Waals surface area contributed by atoms with Gasteiger partial charge in [-0.1, -0.05) is 19.8 Å². The molecule has 2 heterocycles. The number of aliphatic hydroxyl groups excluding tert-OH is 1. The molecule has 12 heteroatoms. The molecule has 1 aromatic heterocycles. The summed E-state index contributed by atoms with van der Waals surface area (Å²) in [6, 6.07) is 3.70. The van der Waals surface area contributed by atoms with E-state index in [-0.39, 0.29) is 19.0 Å². The third-order valence-corrected chi connectivity index (χ3v) is 6.60. The molecule has 1 aliphatic heterocycles. The van der Waals surface area contributed by atoms with Crippen LogP contribution in [-0.2, 0) is 16.0 Å². The van der Waals surface area contributed by atoms with Gasteiger partial charge in [0.25, 0.3) is 5.92 Å². The van der Waals surface area contributed by atoms with Gasteiger partial charge in [0.15, 0.2) is 0 Å². The molecule has 1 saturated heterocycles. The lowest BCUT2D eigenvalue weighted by atomic mass is 10.0. The van der Waals surface area contributed by atoms with Gasteiger partial charge in [-0.05, 0) is 51.3 Å². The monoisotopic (exact) mass is 555 g/mol. The summed E-state index contributed by atoms with van der Waals surface area (Å²) in [6.45, 7) is 4.86. The van der Waals surface area contributed by atoms with Crippen LogP contribution in [0.25, 0.3) is 5.70 Å². The molecule has 1 amide bonds. The van der Waals surface area contributed by atoms with Crippen molar-refractivity contribution in [1.82, 2.24) is 20.2 Å². The van der Waals surface area contributed by atoms with Gasteiger partial charge in [0, 0.05) is 46.3 Å². The second-order valence-electron chi connectivity index (χ2n) is 9.96. The molecule has 222 valence electrons. The van der Waals surface area contributed by atoms with Gasteiger partial charge < -0.3 is 30.9 Å². The highest BCUT2D eigenvalue weighted by molar-refractivity contribution is 5.65. The number of hydrogen-bond acceptors (Lipinski definition) is 9. The standard InChI is InChI=1S/C24H39F2N7O.C2H4O.CH4O/c1-4-19-21(33-11-5-10-24(25,26)15-33)9-8-20(30-19)23(27)22(32(3)28)14-31(2)13-18(29-16-34)12-17-6-7-17;1-2-3;1-2/h8-9,16-18H,4-7,10-15,27-28H2,1-3H3,(H,29,34);2H,1H3;2H,1H3/b23-22-;;. The zero-order valence-electron chi connectivity index (χ0n) is 24.0. The van der Waals surface area contributed by atoms with Crippen molar-refractivity contribution in [3.63, 3.8) is 0 Å². The van der Waals surface area contributed by atoms with Gasteiger partial charge in [-0.15, -0.1) is 0 Å². The Morgan fingerprint density at radius 2 is 1.95 bits per heavy atom. The molecule has 1 saturated carbocycles. The lowest BCUT2D eigenvalue weighted by molar-refractivity contribution is -0.110. The summed E-state index contributed by atoms with van der Waals surface area (Å²) in [4.78, 5) is 28.4. The molecule has 10 nitrogen and oxygen atoms in total. The molecule has 1 aliphatic carbocycles. The van der Waals surface area contributed by atoms with Crippen LogP contribution >= 0.6 is 0 Å². The van der Waals surface area contributed by atoms with Crippen LogP contribution in [0.2, 0.25) is 0 Å². The van der Waals surface area contributed by atoms with Crippen LogP contribution in [0.3, 0.4) is 0 Å². The fourth-order valence-electron chi connectivity index (χ4n) is 4.64. The molecule has 1 unspecified atom stereocenters. The summed E-state index contributed by atoms with van der Waals surface area (Å²) in [5, 5.41) is 11.4. The Hall–Kier alpha value is -2.83. The summed E-state index contributed by atoms with van der Waals surface area (Å²) in [6.07, 6.45) is 5.91. The fraction of sp³-hybridized carbons (Fsp3) is 0.667. The average molecular weight is 556 g/mol. The number of nitrogens with zero attached hydrogens (tertiary/aromatic N) is 4. The number of alkyl halides is 2. The number of amides is 1. The lowest BCUT2D eigenvalue weighted by Gasteiger charge is -2.35. The number of nitrogens with two attached hydrogens (primary N) is 2. The van der Waals surface area contributed by atoms with E-state index < -0.39 is 5.92 Å². The number of hydrazine groups is 1. The van der Waals surface area contributed by atoms with Crippen LogP contribution in [-0.4, -0.2) is 92.0 Å². The fourth-order valence-corrected chi connectivity index (χ4v) is 4.64. The minimum atomic E-state index is -2.68. The number of rotatable bonds is 12. The molecule has 0 aromatic carbocycles. The van der Waals surface area contributed by atoms with Gasteiger partial charge in [-0.2, -0.15) is 0 Å². The molecular formula is C27H47F2N7O3. The minimum absolute atomic E-state index is 0.0737. The van der Waals surface area contributed by atoms with E-state index in [2.05, 4.69) is 10.2 Å². The molecule has 2 fully saturated rings. The average Bonchev–Trinajstić information content (AvgIpc) is 3.71. The van der Waals surface area contributed by atoms with Gasteiger partial charge in [-0.3, -0.25) is 9.69 Å².